The summed E-state index contributed by atoms with van der Waals surface area (Å²) >= 11 is 5.93. The molecule has 0 atom stereocenters. The highest BCUT2D eigenvalue weighted by Gasteiger charge is 2.22. The number of nitrogens with zero attached hydrogens (tertiary/aromatic N) is 2. The molecular formula is C21H26ClN3O3. The van der Waals surface area contributed by atoms with Crippen LogP contribution in [0, 0.1) is 0 Å². The van der Waals surface area contributed by atoms with Crippen molar-refractivity contribution in [2.24, 2.45) is 5.73 Å². The molecule has 1 heterocycles. The Morgan fingerprint density at radius 2 is 1.71 bits per heavy atom. The third kappa shape index (κ3) is 5.38. The maximum Gasteiger partial charge on any atom is 0.260 e. The third-order valence-electron chi connectivity index (χ3n) is 4.86. The summed E-state index contributed by atoms with van der Waals surface area (Å²) in [6.45, 7) is 4.30. The first-order valence-electron chi connectivity index (χ1n) is 9.33. The van der Waals surface area contributed by atoms with Gasteiger partial charge in [0.25, 0.3) is 5.91 Å². The summed E-state index contributed by atoms with van der Waals surface area (Å²) < 4.78 is 11.0. The highest BCUT2D eigenvalue weighted by atomic mass is 35.5. The topological polar surface area (TPSA) is 68.0 Å². The van der Waals surface area contributed by atoms with Crippen molar-refractivity contribution in [2.75, 3.05) is 39.9 Å². The van der Waals surface area contributed by atoms with Crippen molar-refractivity contribution in [1.29, 1.82) is 0 Å². The number of piperazine rings is 1. The molecule has 0 aromatic heterocycles. The number of carbonyl (C=O) groups is 1. The van der Waals surface area contributed by atoms with Gasteiger partial charge < -0.3 is 20.1 Å². The van der Waals surface area contributed by atoms with Crippen LogP contribution < -0.4 is 15.2 Å². The SMILES string of the molecule is COc1ccc(CN)cc1OCC(=O)N1CCN(Cc2ccc(Cl)cc2)CC1. The van der Waals surface area contributed by atoms with Gasteiger partial charge in [0, 0.05) is 44.3 Å². The van der Waals surface area contributed by atoms with E-state index in [9.17, 15) is 4.79 Å². The van der Waals surface area contributed by atoms with Gasteiger partial charge in [-0.1, -0.05) is 29.8 Å². The molecule has 28 heavy (non-hydrogen) atoms. The largest absolute Gasteiger partial charge is 0.493 e. The molecule has 6 nitrogen and oxygen atoms in total. The number of carbonyl (C=O) groups excluding carboxylic acids is 1. The van der Waals surface area contributed by atoms with Crippen LogP contribution in [-0.4, -0.2) is 55.6 Å². The number of nitrogens with two attached hydrogens (primary N) is 1. The second-order valence-corrected chi connectivity index (χ2v) is 7.20. The molecule has 1 fully saturated rings. The fourth-order valence-electron chi connectivity index (χ4n) is 3.20. The lowest BCUT2D eigenvalue weighted by atomic mass is 10.2. The summed E-state index contributed by atoms with van der Waals surface area (Å²) in [4.78, 5) is 16.7. The van der Waals surface area contributed by atoms with Gasteiger partial charge in [0.2, 0.25) is 0 Å². The number of hydrogen-bond donors (Lipinski definition) is 1. The molecule has 1 aliphatic heterocycles. The van der Waals surface area contributed by atoms with Gasteiger partial charge in [0.05, 0.1) is 7.11 Å². The second kappa shape index (κ2) is 9.78. The predicted octanol–water partition coefficient (Wildman–Crippen LogP) is 2.53. The van der Waals surface area contributed by atoms with E-state index in [1.807, 2.05) is 41.3 Å². The van der Waals surface area contributed by atoms with Gasteiger partial charge in [-0.05, 0) is 35.4 Å². The van der Waals surface area contributed by atoms with Crippen LogP contribution in [0.5, 0.6) is 11.5 Å². The zero-order valence-corrected chi connectivity index (χ0v) is 16.8. The quantitative estimate of drug-likeness (QED) is 0.769. The van der Waals surface area contributed by atoms with E-state index in [0.717, 1.165) is 30.2 Å². The van der Waals surface area contributed by atoms with Crippen molar-refractivity contribution < 1.29 is 14.3 Å². The lowest BCUT2D eigenvalue weighted by Gasteiger charge is -2.34. The van der Waals surface area contributed by atoms with E-state index in [4.69, 9.17) is 26.8 Å². The smallest absolute Gasteiger partial charge is 0.260 e. The summed E-state index contributed by atoms with van der Waals surface area (Å²) in [5, 5.41) is 0.743. The van der Waals surface area contributed by atoms with Crippen molar-refractivity contribution in [2.45, 2.75) is 13.1 Å². The van der Waals surface area contributed by atoms with E-state index in [-0.39, 0.29) is 12.5 Å². The Labute approximate surface area is 170 Å². The Morgan fingerprint density at radius 1 is 1.04 bits per heavy atom. The standard InChI is InChI=1S/C21H26ClN3O3/c1-27-19-7-4-17(13-23)12-20(19)28-15-21(26)25-10-8-24(9-11-25)14-16-2-5-18(22)6-3-16/h2-7,12H,8-11,13-15,23H2,1H3. The third-order valence-corrected chi connectivity index (χ3v) is 5.11. The Bertz CT molecular complexity index is 790. The van der Waals surface area contributed by atoms with Gasteiger partial charge in [-0.25, -0.2) is 0 Å². The molecule has 2 N–H and O–H groups in total. The predicted molar refractivity (Wildman–Crippen MR) is 110 cm³/mol. The molecule has 2 aromatic carbocycles. The lowest BCUT2D eigenvalue weighted by Crippen LogP contribution is -2.49. The van der Waals surface area contributed by atoms with Crippen LogP contribution in [-0.2, 0) is 17.9 Å². The van der Waals surface area contributed by atoms with Crippen LogP contribution >= 0.6 is 11.6 Å². The van der Waals surface area contributed by atoms with Gasteiger partial charge >= 0.3 is 0 Å². The summed E-state index contributed by atoms with van der Waals surface area (Å²) in [6, 6.07) is 13.4. The molecule has 3 rings (SSSR count). The van der Waals surface area contributed by atoms with Crippen LogP contribution in [0.15, 0.2) is 42.5 Å². The van der Waals surface area contributed by atoms with E-state index in [1.54, 1.807) is 13.2 Å². The highest BCUT2D eigenvalue weighted by molar-refractivity contribution is 6.30. The normalized spacial score (nSPS) is 14.8. The molecule has 1 aliphatic rings. The zero-order chi connectivity index (χ0) is 19.9. The Balaban J connectivity index is 1.48. The minimum atomic E-state index is -0.0219. The van der Waals surface area contributed by atoms with Gasteiger partial charge in [-0.3, -0.25) is 9.69 Å². The molecule has 0 radical (unpaired) electrons. The van der Waals surface area contributed by atoms with E-state index in [0.29, 0.717) is 31.1 Å². The molecule has 0 spiro atoms. The number of halogens is 1. The van der Waals surface area contributed by atoms with Crippen molar-refractivity contribution in [1.82, 2.24) is 9.80 Å². The van der Waals surface area contributed by atoms with Crippen molar-refractivity contribution >= 4 is 17.5 Å². The summed E-state index contributed by atoms with van der Waals surface area (Å²) in [6.07, 6.45) is 0. The Morgan fingerprint density at radius 3 is 2.36 bits per heavy atom. The Hall–Kier alpha value is -2.28. The van der Waals surface area contributed by atoms with E-state index in [2.05, 4.69) is 4.90 Å². The molecule has 150 valence electrons. The van der Waals surface area contributed by atoms with Crippen molar-refractivity contribution in [3.8, 4) is 11.5 Å². The minimum absolute atomic E-state index is 0.0123. The number of methoxy groups -OCH3 is 1. The maximum atomic E-state index is 12.5. The maximum absolute atomic E-state index is 12.5. The van der Waals surface area contributed by atoms with E-state index >= 15 is 0 Å². The number of amides is 1. The van der Waals surface area contributed by atoms with Crippen molar-refractivity contribution in [3.05, 3.63) is 58.6 Å². The minimum Gasteiger partial charge on any atom is -0.493 e. The zero-order valence-electron chi connectivity index (χ0n) is 16.1. The van der Waals surface area contributed by atoms with Gasteiger partial charge in [0.1, 0.15) is 0 Å². The first-order chi connectivity index (χ1) is 13.6. The molecule has 0 bridgehead atoms. The number of benzene rings is 2. The van der Waals surface area contributed by atoms with Crippen LogP contribution in [0.25, 0.3) is 0 Å². The molecular weight excluding hydrogens is 378 g/mol. The number of hydrogen-bond acceptors (Lipinski definition) is 5. The van der Waals surface area contributed by atoms with Gasteiger partial charge in [-0.15, -0.1) is 0 Å². The average molecular weight is 404 g/mol. The van der Waals surface area contributed by atoms with E-state index in [1.165, 1.54) is 5.56 Å². The molecule has 1 amide bonds. The molecule has 0 saturated carbocycles. The highest BCUT2D eigenvalue weighted by Crippen LogP contribution is 2.28. The molecule has 7 heteroatoms. The monoisotopic (exact) mass is 403 g/mol. The molecule has 2 aromatic rings. The van der Waals surface area contributed by atoms with Gasteiger partial charge in [-0.2, -0.15) is 0 Å². The van der Waals surface area contributed by atoms with Crippen molar-refractivity contribution in [3.63, 3.8) is 0 Å². The summed E-state index contributed by atoms with van der Waals surface area (Å²) in [5.74, 6) is 1.12. The van der Waals surface area contributed by atoms with E-state index < -0.39 is 0 Å². The van der Waals surface area contributed by atoms with Crippen LogP contribution in [0.2, 0.25) is 5.02 Å². The van der Waals surface area contributed by atoms with Crippen LogP contribution in [0.3, 0.4) is 0 Å². The number of rotatable bonds is 7. The fraction of sp³-hybridized carbons (Fsp3) is 0.381. The lowest BCUT2D eigenvalue weighted by molar-refractivity contribution is -0.135. The van der Waals surface area contributed by atoms with Gasteiger partial charge in [0.15, 0.2) is 18.1 Å². The fourth-order valence-corrected chi connectivity index (χ4v) is 3.32. The second-order valence-electron chi connectivity index (χ2n) is 6.76. The molecule has 0 unspecified atom stereocenters. The summed E-state index contributed by atoms with van der Waals surface area (Å²) in [5.41, 5.74) is 7.83. The summed E-state index contributed by atoms with van der Waals surface area (Å²) in [7, 11) is 1.58. The average Bonchev–Trinajstić information content (AvgIpc) is 2.74. The van der Waals surface area contributed by atoms with Crippen LogP contribution in [0.4, 0.5) is 0 Å². The van der Waals surface area contributed by atoms with Crippen LogP contribution in [0.1, 0.15) is 11.1 Å². The molecule has 0 aliphatic carbocycles. The molecule has 1 saturated heterocycles. The number of ether oxygens (including phenoxy) is 2. The first kappa shape index (κ1) is 20.5. The first-order valence-corrected chi connectivity index (χ1v) is 9.71. The Kier molecular flexibility index (Phi) is 7.14.